The van der Waals surface area contributed by atoms with Crippen LogP contribution in [0.5, 0.6) is 0 Å². The second-order valence-electron chi connectivity index (χ2n) is 4.83. The lowest BCUT2D eigenvalue weighted by Gasteiger charge is -2.08. The average Bonchev–Trinajstić information content (AvgIpc) is 2.66. The van der Waals surface area contributed by atoms with E-state index in [1.807, 2.05) is 0 Å². The molecule has 0 aromatic rings. The summed E-state index contributed by atoms with van der Waals surface area (Å²) in [5.74, 6) is -0.452. The number of carbonyl (C=O) groups is 1. The van der Waals surface area contributed by atoms with E-state index in [2.05, 4.69) is 6.58 Å². The minimum Gasteiger partial charge on any atom is -0.460 e. The first-order valence-electron chi connectivity index (χ1n) is 8.77. The first-order valence-corrected chi connectivity index (χ1v) is 8.77. The van der Waals surface area contributed by atoms with E-state index >= 15 is 0 Å². The highest BCUT2D eigenvalue weighted by Crippen LogP contribution is 1.85. The second kappa shape index (κ2) is 22.0. The van der Waals surface area contributed by atoms with Gasteiger partial charge in [0.2, 0.25) is 0 Å². The SMILES string of the molecule is C=CC(=O)OCCOCCOCCOCCOCCOCCOCCN. The third-order valence-electron chi connectivity index (χ3n) is 2.76. The lowest BCUT2D eigenvalue weighted by molar-refractivity contribution is -0.139. The molecule has 0 radical (unpaired) electrons. The zero-order valence-electron chi connectivity index (χ0n) is 15.5. The van der Waals surface area contributed by atoms with Crippen molar-refractivity contribution >= 4 is 5.97 Å². The normalized spacial score (nSPS) is 10.8. The van der Waals surface area contributed by atoms with E-state index in [0.717, 1.165) is 6.08 Å². The van der Waals surface area contributed by atoms with Gasteiger partial charge in [0.05, 0.1) is 79.3 Å². The van der Waals surface area contributed by atoms with Crippen LogP contribution < -0.4 is 5.73 Å². The van der Waals surface area contributed by atoms with Crippen molar-refractivity contribution in [1.82, 2.24) is 0 Å². The van der Waals surface area contributed by atoms with Gasteiger partial charge >= 0.3 is 5.97 Å². The van der Waals surface area contributed by atoms with Crippen molar-refractivity contribution in [3.05, 3.63) is 12.7 Å². The van der Waals surface area contributed by atoms with Crippen molar-refractivity contribution in [3.63, 3.8) is 0 Å². The van der Waals surface area contributed by atoms with Gasteiger partial charge in [0.25, 0.3) is 0 Å². The molecule has 0 aromatic heterocycles. The van der Waals surface area contributed by atoms with Gasteiger partial charge in [-0.15, -0.1) is 0 Å². The van der Waals surface area contributed by atoms with Crippen molar-refractivity contribution in [2.45, 2.75) is 0 Å². The van der Waals surface area contributed by atoms with Crippen molar-refractivity contribution in [3.8, 4) is 0 Å². The van der Waals surface area contributed by atoms with Gasteiger partial charge in [0.15, 0.2) is 0 Å². The molecule has 0 unspecified atom stereocenters. The standard InChI is InChI=1S/C17H33NO8/c1-2-17(19)26-16-15-25-14-13-24-12-11-23-10-9-22-8-7-21-6-5-20-4-3-18/h2H,1,3-16,18H2. The molecular formula is C17H33NO8. The van der Waals surface area contributed by atoms with E-state index in [1.165, 1.54) is 0 Å². The van der Waals surface area contributed by atoms with Gasteiger partial charge in [0, 0.05) is 12.6 Å². The smallest absolute Gasteiger partial charge is 0.330 e. The topological polar surface area (TPSA) is 108 Å². The Hall–Kier alpha value is -1.07. The summed E-state index contributed by atoms with van der Waals surface area (Å²) in [7, 11) is 0. The summed E-state index contributed by atoms with van der Waals surface area (Å²) in [5.41, 5.74) is 5.29. The monoisotopic (exact) mass is 379 g/mol. The molecular weight excluding hydrogens is 346 g/mol. The molecule has 154 valence electrons. The molecule has 0 saturated heterocycles. The fraction of sp³-hybridized carbons (Fsp3) is 0.824. The van der Waals surface area contributed by atoms with Crippen LogP contribution in [0.2, 0.25) is 0 Å². The van der Waals surface area contributed by atoms with E-state index in [-0.39, 0.29) is 6.61 Å². The van der Waals surface area contributed by atoms with Gasteiger partial charge in [-0.3, -0.25) is 0 Å². The molecule has 0 heterocycles. The molecule has 26 heavy (non-hydrogen) atoms. The number of hydrogen-bond donors (Lipinski definition) is 1. The molecule has 0 rings (SSSR count). The number of esters is 1. The number of rotatable bonds is 21. The Kier molecular flexibility index (Phi) is 21.1. The third-order valence-corrected chi connectivity index (χ3v) is 2.76. The molecule has 0 saturated carbocycles. The van der Waals surface area contributed by atoms with Crippen LogP contribution in [0.25, 0.3) is 0 Å². The predicted octanol–water partition coefficient (Wildman–Crippen LogP) is -0.226. The minimum absolute atomic E-state index is 0.209. The molecule has 0 fully saturated rings. The molecule has 0 spiro atoms. The van der Waals surface area contributed by atoms with E-state index < -0.39 is 5.97 Å². The van der Waals surface area contributed by atoms with Crippen molar-refractivity contribution in [2.75, 3.05) is 92.4 Å². The summed E-state index contributed by atoms with van der Waals surface area (Å²) >= 11 is 0. The fourth-order valence-electron chi connectivity index (χ4n) is 1.55. The molecule has 2 N–H and O–H groups in total. The van der Waals surface area contributed by atoms with Crippen LogP contribution >= 0.6 is 0 Å². The molecule has 0 amide bonds. The summed E-state index contributed by atoms with van der Waals surface area (Å²) < 4.78 is 36.5. The van der Waals surface area contributed by atoms with Gasteiger partial charge in [-0.1, -0.05) is 6.58 Å². The Bertz CT molecular complexity index is 317. The maximum Gasteiger partial charge on any atom is 0.330 e. The Morgan fingerprint density at radius 1 is 0.615 bits per heavy atom. The zero-order valence-corrected chi connectivity index (χ0v) is 15.5. The van der Waals surface area contributed by atoms with Gasteiger partial charge in [-0.25, -0.2) is 4.79 Å². The number of hydrogen-bond acceptors (Lipinski definition) is 9. The van der Waals surface area contributed by atoms with Crippen molar-refractivity contribution < 1.29 is 38.0 Å². The summed E-state index contributed by atoms with van der Waals surface area (Å²) in [6.07, 6.45) is 1.11. The van der Waals surface area contributed by atoms with Gasteiger partial charge in [0.1, 0.15) is 6.61 Å². The Labute approximate surface area is 155 Å². The fourth-order valence-corrected chi connectivity index (χ4v) is 1.55. The van der Waals surface area contributed by atoms with Crippen LogP contribution in [-0.4, -0.2) is 98.4 Å². The Balaban J connectivity index is 3.01. The van der Waals surface area contributed by atoms with Crippen LogP contribution in [0, 0.1) is 0 Å². The Morgan fingerprint density at radius 2 is 0.923 bits per heavy atom. The maximum atomic E-state index is 10.7. The highest BCUT2D eigenvalue weighted by molar-refractivity contribution is 5.81. The van der Waals surface area contributed by atoms with Gasteiger partial charge in [-0.2, -0.15) is 0 Å². The predicted molar refractivity (Wildman–Crippen MR) is 95.1 cm³/mol. The van der Waals surface area contributed by atoms with Crippen LogP contribution in [0.3, 0.4) is 0 Å². The van der Waals surface area contributed by atoms with E-state index in [0.29, 0.717) is 85.8 Å². The highest BCUT2D eigenvalue weighted by Gasteiger charge is 1.96. The quantitative estimate of drug-likeness (QED) is 0.164. The number of ether oxygens (including phenoxy) is 7. The van der Waals surface area contributed by atoms with E-state index in [1.54, 1.807) is 0 Å². The summed E-state index contributed by atoms with van der Waals surface area (Å²) in [4.78, 5) is 10.7. The molecule has 9 nitrogen and oxygen atoms in total. The largest absolute Gasteiger partial charge is 0.460 e. The van der Waals surface area contributed by atoms with Gasteiger partial charge < -0.3 is 38.9 Å². The summed E-state index contributed by atoms with van der Waals surface area (Å²) in [6, 6.07) is 0. The van der Waals surface area contributed by atoms with E-state index in [9.17, 15) is 4.79 Å². The van der Waals surface area contributed by atoms with Crippen LogP contribution in [0.15, 0.2) is 12.7 Å². The van der Waals surface area contributed by atoms with Gasteiger partial charge in [-0.05, 0) is 0 Å². The number of nitrogens with two attached hydrogens (primary N) is 1. The Morgan fingerprint density at radius 3 is 1.23 bits per heavy atom. The zero-order chi connectivity index (χ0) is 19.1. The van der Waals surface area contributed by atoms with Crippen molar-refractivity contribution in [1.29, 1.82) is 0 Å². The molecule has 9 heteroatoms. The maximum absolute atomic E-state index is 10.7. The van der Waals surface area contributed by atoms with E-state index in [4.69, 9.17) is 38.9 Å². The van der Waals surface area contributed by atoms with Crippen LogP contribution in [0.1, 0.15) is 0 Å². The lowest BCUT2D eigenvalue weighted by atomic mass is 10.6. The molecule has 0 aliphatic heterocycles. The average molecular weight is 379 g/mol. The molecule has 0 aliphatic carbocycles. The first kappa shape index (κ1) is 24.9. The van der Waals surface area contributed by atoms with Crippen molar-refractivity contribution in [2.24, 2.45) is 5.73 Å². The molecule has 0 aliphatic rings. The summed E-state index contributed by atoms with van der Waals surface area (Å²) in [5, 5.41) is 0. The first-order chi connectivity index (χ1) is 12.8. The van der Waals surface area contributed by atoms with Crippen LogP contribution in [-0.2, 0) is 38.0 Å². The number of carbonyl (C=O) groups excluding carboxylic acids is 1. The lowest BCUT2D eigenvalue weighted by Crippen LogP contribution is -2.15. The highest BCUT2D eigenvalue weighted by atomic mass is 16.6. The second-order valence-corrected chi connectivity index (χ2v) is 4.83. The molecule has 0 bridgehead atoms. The molecule has 0 atom stereocenters. The summed E-state index contributed by atoms with van der Waals surface area (Å²) in [6.45, 7) is 9.97. The molecule has 0 aromatic carbocycles. The third kappa shape index (κ3) is 21.0. The minimum atomic E-state index is -0.452. The van der Waals surface area contributed by atoms with Crippen LogP contribution in [0.4, 0.5) is 0 Å².